The molecule has 1 aromatic rings. The number of hydrogen-bond donors (Lipinski definition) is 3. The van der Waals surface area contributed by atoms with Crippen molar-refractivity contribution in [2.24, 2.45) is 5.73 Å². The van der Waals surface area contributed by atoms with Crippen LogP contribution in [0.15, 0.2) is 24.3 Å². The zero-order chi connectivity index (χ0) is 14.0. The van der Waals surface area contributed by atoms with Crippen LogP contribution in [0.2, 0.25) is 0 Å². The van der Waals surface area contributed by atoms with Gasteiger partial charge in [0.2, 0.25) is 0 Å². The van der Waals surface area contributed by atoms with Crippen LogP contribution in [0, 0.1) is 5.41 Å². The third kappa shape index (κ3) is 2.65. The molecule has 2 rings (SSSR count). The Morgan fingerprint density at radius 1 is 1.32 bits per heavy atom. The van der Waals surface area contributed by atoms with Crippen molar-refractivity contribution in [3.8, 4) is 0 Å². The minimum absolute atomic E-state index is 0.0354. The number of nitrogens with zero attached hydrogens (tertiary/aromatic N) is 2. The second-order valence-electron chi connectivity index (χ2n) is 4.21. The molecule has 7 heteroatoms. The molecule has 2 amide bonds. The molecule has 4 N–H and O–H groups in total. The summed E-state index contributed by atoms with van der Waals surface area (Å²) in [5, 5.41) is 16.0. The molecule has 1 aromatic carbocycles. The van der Waals surface area contributed by atoms with Crippen LogP contribution in [0.3, 0.4) is 0 Å². The van der Waals surface area contributed by atoms with Crippen LogP contribution in [-0.4, -0.2) is 47.5 Å². The van der Waals surface area contributed by atoms with Crippen LogP contribution >= 0.6 is 0 Å². The van der Waals surface area contributed by atoms with Crippen LogP contribution in [0.5, 0.6) is 0 Å². The lowest BCUT2D eigenvalue weighted by Crippen LogP contribution is -2.35. The van der Waals surface area contributed by atoms with Gasteiger partial charge in [-0.2, -0.15) is 0 Å². The Balaban J connectivity index is 2.13. The highest BCUT2D eigenvalue weighted by atomic mass is 16.4. The van der Waals surface area contributed by atoms with Gasteiger partial charge in [0.1, 0.15) is 12.4 Å². The summed E-state index contributed by atoms with van der Waals surface area (Å²) in [5.74, 6) is -1.06. The summed E-state index contributed by atoms with van der Waals surface area (Å²) in [6.45, 7) is 0.548. The van der Waals surface area contributed by atoms with E-state index < -0.39 is 5.97 Å². The lowest BCUT2D eigenvalue weighted by molar-refractivity contribution is -0.137. The largest absolute Gasteiger partial charge is 0.480 e. The summed E-state index contributed by atoms with van der Waals surface area (Å²) in [6.07, 6.45) is 0. The number of anilines is 1. The minimum Gasteiger partial charge on any atom is -0.480 e. The van der Waals surface area contributed by atoms with Gasteiger partial charge in [-0.15, -0.1) is 0 Å². The van der Waals surface area contributed by atoms with Crippen molar-refractivity contribution in [1.29, 1.82) is 5.41 Å². The van der Waals surface area contributed by atoms with Crippen molar-refractivity contribution < 1.29 is 14.7 Å². The normalized spacial score (nSPS) is 14.8. The van der Waals surface area contributed by atoms with E-state index in [1.807, 2.05) is 0 Å². The molecule has 1 aliphatic heterocycles. The van der Waals surface area contributed by atoms with Gasteiger partial charge in [0.15, 0.2) is 0 Å². The lowest BCUT2D eigenvalue weighted by atomic mass is 10.2. The van der Waals surface area contributed by atoms with E-state index >= 15 is 0 Å². The van der Waals surface area contributed by atoms with E-state index in [2.05, 4.69) is 0 Å². The summed E-state index contributed by atoms with van der Waals surface area (Å²) in [4.78, 5) is 25.4. The Kier molecular flexibility index (Phi) is 3.37. The number of rotatable bonds is 4. The number of nitrogen functional groups attached to an aromatic ring is 1. The van der Waals surface area contributed by atoms with Gasteiger partial charge >= 0.3 is 12.0 Å². The van der Waals surface area contributed by atoms with Gasteiger partial charge in [0.25, 0.3) is 0 Å². The molecule has 0 spiro atoms. The van der Waals surface area contributed by atoms with Crippen molar-refractivity contribution in [3.63, 3.8) is 0 Å². The molecule has 7 nitrogen and oxygen atoms in total. The van der Waals surface area contributed by atoms with E-state index in [-0.39, 0.29) is 18.4 Å². The molecule has 0 saturated carbocycles. The molecule has 0 atom stereocenters. The molecule has 19 heavy (non-hydrogen) atoms. The molecular weight excluding hydrogens is 248 g/mol. The Morgan fingerprint density at radius 3 is 2.47 bits per heavy atom. The van der Waals surface area contributed by atoms with Crippen LogP contribution in [-0.2, 0) is 4.79 Å². The first-order valence-corrected chi connectivity index (χ1v) is 5.71. The quantitative estimate of drug-likeness (QED) is 0.535. The van der Waals surface area contributed by atoms with E-state index in [1.165, 1.54) is 9.80 Å². The number of hydrogen-bond acceptors (Lipinski definition) is 3. The zero-order valence-corrected chi connectivity index (χ0v) is 10.2. The molecule has 1 saturated heterocycles. The fourth-order valence-electron chi connectivity index (χ4n) is 1.95. The van der Waals surface area contributed by atoms with Gasteiger partial charge in [0.05, 0.1) is 0 Å². The molecule has 100 valence electrons. The molecular formula is C12H14N4O3. The molecule has 0 radical (unpaired) electrons. The minimum atomic E-state index is -1.03. The van der Waals surface area contributed by atoms with E-state index in [1.54, 1.807) is 24.3 Å². The van der Waals surface area contributed by atoms with Gasteiger partial charge in [-0.25, -0.2) is 4.79 Å². The molecule has 1 heterocycles. The van der Waals surface area contributed by atoms with E-state index in [4.69, 9.17) is 16.2 Å². The number of carboxylic acid groups (broad SMARTS) is 1. The van der Waals surface area contributed by atoms with Gasteiger partial charge in [-0.05, 0) is 24.3 Å². The molecule has 1 aliphatic rings. The molecule has 0 bridgehead atoms. The Hall–Kier alpha value is -2.57. The SMILES string of the molecule is N=C(N)c1ccc(N2CCN(CC(=O)O)C2=O)cc1. The van der Waals surface area contributed by atoms with Crippen molar-refractivity contribution in [2.75, 3.05) is 24.5 Å². The third-order valence-corrected chi connectivity index (χ3v) is 2.91. The smallest absolute Gasteiger partial charge is 0.325 e. The second kappa shape index (κ2) is 4.97. The van der Waals surface area contributed by atoms with Gasteiger partial charge in [0, 0.05) is 24.3 Å². The monoisotopic (exact) mass is 262 g/mol. The van der Waals surface area contributed by atoms with Gasteiger partial charge < -0.3 is 15.7 Å². The molecule has 0 aliphatic carbocycles. The molecule has 0 unspecified atom stereocenters. The number of nitrogens with two attached hydrogens (primary N) is 1. The third-order valence-electron chi connectivity index (χ3n) is 2.91. The average Bonchev–Trinajstić information content (AvgIpc) is 2.70. The molecule has 1 fully saturated rings. The number of aliphatic carboxylic acids is 1. The number of carboxylic acids is 1. The second-order valence-corrected chi connectivity index (χ2v) is 4.21. The van der Waals surface area contributed by atoms with Gasteiger partial charge in [-0.3, -0.25) is 15.1 Å². The topological polar surface area (TPSA) is 111 Å². The Labute approximate surface area is 109 Å². The number of nitrogens with one attached hydrogen (secondary N) is 1. The Bertz CT molecular complexity index is 526. The lowest BCUT2D eigenvalue weighted by Gasteiger charge is -2.17. The van der Waals surface area contributed by atoms with Crippen molar-refractivity contribution >= 4 is 23.5 Å². The summed E-state index contributed by atoms with van der Waals surface area (Å²) >= 11 is 0. The van der Waals surface area contributed by atoms with Crippen LogP contribution in [0.25, 0.3) is 0 Å². The first kappa shape index (κ1) is 12.9. The summed E-state index contributed by atoms with van der Waals surface area (Å²) < 4.78 is 0. The number of benzene rings is 1. The number of amides is 2. The number of carbonyl (C=O) groups excluding carboxylic acids is 1. The van der Waals surface area contributed by atoms with Crippen molar-refractivity contribution in [1.82, 2.24) is 4.90 Å². The maximum absolute atomic E-state index is 12.0. The predicted molar refractivity (Wildman–Crippen MR) is 69.4 cm³/mol. The molecule has 0 aromatic heterocycles. The maximum Gasteiger partial charge on any atom is 0.325 e. The first-order chi connectivity index (χ1) is 8.99. The van der Waals surface area contributed by atoms with Crippen molar-refractivity contribution in [3.05, 3.63) is 29.8 Å². The fourth-order valence-corrected chi connectivity index (χ4v) is 1.95. The highest BCUT2D eigenvalue weighted by Gasteiger charge is 2.30. The number of urea groups is 1. The van der Waals surface area contributed by atoms with Crippen molar-refractivity contribution in [2.45, 2.75) is 0 Å². The highest BCUT2D eigenvalue weighted by molar-refractivity contribution is 5.98. The Morgan fingerprint density at radius 2 is 1.95 bits per heavy atom. The number of carbonyl (C=O) groups is 2. The maximum atomic E-state index is 12.0. The van der Waals surface area contributed by atoms with E-state index in [0.717, 1.165) is 0 Å². The average molecular weight is 262 g/mol. The van der Waals surface area contributed by atoms with E-state index in [9.17, 15) is 9.59 Å². The van der Waals surface area contributed by atoms with Gasteiger partial charge in [-0.1, -0.05) is 0 Å². The van der Waals surface area contributed by atoms with Crippen LogP contribution in [0.1, 0.15) is 5.56 Å². The summed E-state index contributed by atoms with van der Waals surface area (Å²) in [6, 6.07) is 6.38. The highest BCUT2D eigenvalue weighted by Crippen LogP contribution is 2.20. The first-order valence-electron chi connectivity index (χ1n) is 5.71. The van der Waals surface area contributed by atoms with Crippen LogP contribution in [0.4, 0.5) is 10.5 Å². The zero-order valence-electron chi connectivity index (χ0n) is 10.2. The number of amidine groups is 1. The predicted octanol–water partition coefficient (Wildman–Crippen LogP) is 0.297. The summed E-state index contributed by atoms with van der Waals surface area (Å²) in [7, 11) is 0. The van der Waals surface area contributed by atoms with E-state index in [0.29, 0.717) is 24.3 Å². The van der Waals surface area contributed by atoms with Crippen LogP contribution < -0.4 is 10.6 Å². The summed E-state index contributed by atoms with van der Waals surface area (Å²) in [5.41, 5.74) is 6.60. The fraction of sp³-hybridized carbons (Fsp3) is 0.250. The standard InChI is InChI=1S/C12H14N4O3/c13-11(14)8-1-3-9(4-2-8)16-6-5-15(12(16)19)7-10(17)18/h1-4H,5-7H2,(H3,13,14)(H,17,18).